The van der Waals surface area contributed by atoms with Gasteiger partial charge >= 0.3 is 0 Å². The molecule has 7 nitrogen and oxygen atoms in total. The summed E-state index contributed by atoms with van der Waals surface area (Å²) in [6, 6.07) is 6.51. The summed E-state index contributed by atoms with van der Waals surface area (Å²) in [7, 11) is -3.70. The van der Waals surface area contributed by atoms with Gasteiger partial charge in [0.1, 0.15) is 0 Å². The number of rotatable bonds is 6. The van der Waals surface area contributed by atoms with E-state index in [0.29, 0.717) is 30.0 Å². The number of hydrogen-bond acceptors (Lipinski definition) is 4. The van der Waals surface area contributed by atoms with Crippen LogP contribution in [0.3, 0.4) is 0 Å². The Hall–Kier alpha value is -1.64. The molecule has 1 aromatic rings. The molecule has 1 atom stereocenters. The van der Waals surface area contributed by atoms with Crippen LogP contribution >= 0.6 is 11.6 Å². The molecule has 0 aromatic heterocycles. The molecule has 0 bridgehead atoms. The molecular formula is C17H24ClN3O4S. The van der Waals surface area contributed by atoms with E-state index in [1.54, 1.807) is 38.1 Å². The summed E-state index contributed by atoms with van der Waals surface area (Å²) >= 11 is 5.92. The van der Waals surface area contributed by atoms with Gasteiger partial charge in [0.15, 0.2) is 0 Å². The molecule has 0 radical (unpaired) electrons. The minimum Gasteiger partial charge on any atom is -0.353 e. The van der Waals surface area contributed by atoms with Gasteiger partial charge in [0.25, 0.3) is 5.91 Å². The molecule has 0 unspecified atom stereocenters. The lowest BCUT2D eigenvalue weighted by Crippen LogP contribution is -2.50. The Labute approximate surface area is 159 Å². The van der Waals surface area contributed by atoms with Gasteiger partial charge in [-0.05, 0) is 44.9 Å². The smallest absolute Gasteiger partial charge is 0.253 e. The standard InChI is InChI=1S/C17H24ClN3O4S/c1-12(2)20-16(22)10-19-26(24,25)15-7-4-8-21(11-15)17(23)13-5-3-6-14(18)9-13/h3,5-6,9,12,15,19H,4,7-8,10-11H2,1-2H3,(H,20,22)/t15-/m0/s1. The average Bonchev–Trinajstić information content (AvgIpc) is 2.59. The third kappa shape index (κ3) is 5.69. The first-order valence-electron chi connectivity index (χ1n) is 8.51. The van der Waals surface area contributed by atoms with Gasteiger partial charge in [-0.1, -0.05) is 17.7 Å². The number of carbonyl (C=O) groups is 2. The zero-order valence-electron chi connectivity index (χ0n) is 14.9. The number of piperidine rings is 1. The van der Waals surface area contributed by atoms with Crippen LogP contribution in [0.4, 0.5) is 0 Å². The molecule has 144 valence electrons. The van der Waals surface area contributed by atoms with E-state index in [9.17, 15) is 18.0 Å². The molecule has 2 rings (SSSR count). The number of amides is 2. The lowest BCUT2D eigenvalue weighted by molar-refractivity contribution is -0.120. The molecule has 1 heterocycles. The van der Waals surface area contributed by atoms with Gasteiger partial charge in [-0.25, -0.2) is 13.1 Å². The maximum Gasteiger partial charge on any atom is 0.253 e. The number of hydrogen-bond donors (Lipinski definition) is 2. The molecule has 1 fully saturated rings. The SMILES string of the molecule is CC(C)NC(=O)CNS(=O)(=O)[C@H]1CCCN(C(=O)c2cccc(Cl)c2)C1. The lowest BCUT2D eigenvalue weighted by Gasteiger charge is -2.32. The first kappa shape index (κ1) is 20.7. The summed E-state index contributed by atoms with van der Waals surface area (Å²) in [5, 5.41) is 2.34. The average molecular weight is 402 g/mol. The number of carbonyl (C=O) groups excluding carboxylic acids is 2. The summed E-state index contributed by atoms with van der Waals surface area (Å²) < 4.78 is 27.3. The highest BCUT2D eigenvalue weighted by atomic mass is 35.5. The zero-order valence-corrected chi connectivity index (χ0v) is 16.4. The van der Waals surface area contributed by atoms with Crippen molar-refractivity contribution in [1.82, 2.24) is 14.9 Å². The monoisotopic (exact) mass is 401 g/mol. The fraction of sp³-hybridized carbons (Fsp3) is 0.529. The molecular weight excluding hydrogens is 378 g/mol. The van der Waals surface area contributed by atoms with E-state index in [-0.39, 0.29) is 30.9 Å². The third-order valence-corrected chi connectivity index (χ3v) is 6.10. The highest BCUT2D eigenvalue weighted by Crippen LogP contribution is 2.20. The Morgan fingerprint density at radius 1 is 1.35 bits per heavy atom. The van der Waals surface area contributed by atoms with Crippen LogP contribution in [0.15, 0.2) is 24.3 Å². The van der Waals surface area contributed by atoms with Crippen LogP contribution in [0.5, 0.6) is 0 Å². The van der Waals surface area contributed by atoms with Crippen LogP contribution in [0, 0.1) is 0 Å². The number of likely N-dealkylation sites (tertiary alicyclic amines) is 1. The second kappa shape index (κ2) is 8.83. The predicted octanol–water partition coefficient (Wildman–Crippen LogP) is 1.39. The van der Waals surface area contributed by atoms with E-state index in [4.69, 9.17) is 11.6 Å². The van der Waals surface area contributed by atoms with E-state index in [1.807, 2.05) is 0 Å². The summed E-state index contributed by atoms with van der Waals surface area (Å²) in [5.41, 5.74) is 0.430. The number of halogens is 1. The highest BCUT2D eigenvalue weighted by Gasteiger charge is 2.33. The van der Waals surface area contributed by atoms with E-state index < -0.39 is 15.3 Å². The molecule has 1 aliphatic heterocycles. The zero-order chi connectivity index (χ0) is 19.3. The summed E-state index contributed by atoms with van der Waals surface area (Å²) in [5.74, 6) is -0.629. The molecule has 0 spiro atoms. The molecule has 26 heavy (non-hydrogen) atoms. The van der Waals surface area contributed by atoms with E-state index in [2.05, 4.69) is 10.0 Å². The van der Waals surface area contributed by atoms with Crippen molar-refractivity contribution in [3.63, 3.8) is 0 Å². The lowest BCUT2D eigenvalue weighted by atomic mass is 10.1. The van der Waals surface area contributed by atoms with Gasteiger partial charge in [0.2, 0.25) is 15.9 Å². The van der Waals surface area contributed by atoms with Crippen molar-refractivity contribution in [3.8, 4) is 0 Å². The number of sulfonamides is 1. The summed E-state index contributed by atoms with van der Waals surface area (Å²) in [4.78, 5) is 25.8. The minimum absolute atomic E-state index is 0.0625. The topological polar surface area (TPSA) is 95.6 Å². The Morgan fingerprint density at radius 3 is 2.73 bits per heavy atom. The Bertz CT molecular complexity index is 767. The largest absolute Gasteiger partial charge is 0.353 e. The number of nitrogens with zero attached hydrogens (tertiary/aromatic N) is 1. The van der Waals surface area contributed by atoms with Crippen molar-refractivity contribution in [1.29, 1.82) is 0 Å². The highest BCUT2D eigenvalue weighted by molar-refractivity contribution is 7.90. The third-order valence-electron chi connectivity index (χ3n) is 4.06. The quantitative estimate of drug-likeness (QED) is 0.752. The fourth-order valence-corrected chi connectivity index (χ4v) is 4.45. The van der Waals surface area contributed by atoms with Gasteiger partial charge in [-0.15, -0.1) is 0 Å². The van der Waals surface area contributed by atoms with Crippen molar-refractivity contribution in [2.24, 2.45) is 0 Å². The molecule has 1 aromatic carbocycles. The second-order valence-corrected chi connectivity index (χ2v) is 9.10. The maximum atomic E-state index is 12.6. The first-order valence-corrected chi connectivity index (χ1v) is 10.4. The second-order valence-electron chi connectivity index (χ2n) is 6.61. The van der Waals surface area contributed by atoms with Crippen molar-refractivity contribution in [2.45, 2.75) is 38.0 Å². The molecule has 0 aliphatic carbocycles. The van der Waals surface area contributed by atoms with E-state index in [0.717, 1.165) is 0 Å². The van der Waals surface area contributed by atoms with Crippen LogP contribution in [-0.4, -0.2) is 56.1 Å². The summed E-state index contributed by atoms with van der Waals surface area (Å²) in [6.45, 7) is 3.87. The Kier molecular flexibility index (Phi) is 7.02. The van der Waals surface area contributed by atoms with Crippen molar-refractivity contribution in [3.05, 3.63) is 34.9 Å². The molecule has 1 aliphatic rings. The maximum absolute atomic E-state index is 12.6. The Balaban J connectivity index is 2.00. The van der Waals surface area contributed by atoms with Gasteiger partial charge in [0.05, 0.1) is 11.8 Å². The van der Waals surface area contributed by atoms with Gasteiger partial charge < -0.3 is 10.2 Å². The normalized spacial score (nSPS) is 18.0. The van der Waals surface area contributed by atoms with Crippen LogP contribution in [0.2, 0.25) is 5.02 Å². The van der Waals surface area contributed by atoms with Gasteiger partial charge in [-0.3, -0.25) is 9.59 Å². The van der Waals surface area contributed by atoms with Crippen molar-refractivity contribution < 1.29 is 18.0 Å². The molecule has 1 saturated heterocycles. The molecule has 2 amide bonds. The number of nitrogens with one attached hydrogen (secondary N) is 2. The van der Waals surface area contributed by atoms with Crippen LogP contribution < -0.4 is 10.0 Å². The van der Waals surface area contributed by atoms with Crippen molar-refractivity contribution in [2.75, 3.05) is 19.6 Å². The van der Waals surface area contributed by atoms with E-state index >= 15 is 0 Å². The molecule has 9 heteroatoms. The first-order chi connectivity index (χ1) is 12.2. The van der Waals surface area contributed by atoms with Crippen LogP contribution in [0.25, 0.3) is 0 Å². The fourth-order valence-electron chi connectivity index (χ4n) is 2.84. The molecule has 0 saturated carbocycles. The van der Waals surface area contributed by atoms with Gasteiger partial charge in [-0.2, -0.15) is 0 Å². The molecule has 2 N–H and O–H groups in total. The van der Waals surface area contributed by atoms with Gasteiger partial charge in [0, 0.05) is 29.7 Å². The van der Waals surface area contributed by atoms with E-state index in [1.165, 1.54) is 4.90 Å². The minimum atomic E-state index is -3.70. The van der Waals surface area contributed by atoms with Crippen molar-refractivity contribution >= 4 is 33.4 Å². The summed E-state index contributed by atoms with van der Waals surface area (Å²) in [6.07, 6.45) is 1.02. The van der Waals surface area contributed by atoms with Crippen LogP contribution in [-0.2, 0) is 14.8 Å². The predicted molar refractivity (Wildman–Crippen MR) is 101 cm³/mol. The number of benzene rings is 1. The Morgan fingerprint density at radius 2 is 2.08 bits per heavy atom. The van der Waals surface area contributed by atoms with Crippen LogP contribution in [0.1, 0.15) is 37.0 Å².